The summed E-state index contributed by atoms with van der Waals surface area (Å²) >= 11 is 4.54. The second kappa shape index (κ2) is 4.19. The average molecular weight is 167 g/mol. The molecule has 0 aliphatic heterocycles. The van der Waals surface area contributed by atoms with Gasteiger partial charge in [0.1, 0.15) is 5.82 Å². The second-order valence-corrected chi connectivity index (χ2v) is 2.56. The smallest absolute Gasteiger partial charge is 0.123 e. The van der Waals surface area contributed by atoms with Crippen molar-refractivity contribution in [3.05, 3.63) is 35.6 Å². The molecule has 0 saturated heterocycles. The summed E-state index contributed by atoms with van der Waals surface area (Å²) in [7, 11) is 0. The van der Waals surface area contributed by atoms with Crippen LogP contribution in [0.4, 0.5) is 4.39 Å². The van der Waals surface area contributed by atoms with E-state index in [4.69, 9.17) is 0 Å². The van der Waals surface area contributed by atoms with Crippen LogP contribution < -0.4 is 0 Å². The van der Waals surface area contributed by atoms with Gasteiger partial charge in [-0.05, 0) is 30.5 Å². The Morgan fingerprint density at radius 1 is 1.45 bits per heavy atom. The normalized spacial score (nSPS) is 9.55. The Balaban J connectivity index is 2.63. The van der Waals surface area contributed by atoms with E-state index in [2.05, 4.69) is 17.6 Å². The molecule has 0 heterocycles. The lowest BCUT2D eigenvalue weighted by Gasteiger charge is -1.95. The Kier molecular flexibility index (Phi) is 3.17. The van der Waals surface area contributed by atoms with Gasteiger partial charge in [0.15, 0.2) is 0 Å². The third-order valence-corrected chi connectivity index (χ3v) is 1.61. The molecule has 0 amide bonds. The van der Waals surface area contributed by atoms with E-state index in [0.29, 0.717) is 6.42 Å². The van der Waals surface area contributed by atoms with Gasteiger partial charge in [0, 0.05) is 5.37 Å². The summed E-state index contributed by atoms with van der Waals surface area (Å²) in [6, 6.07) is 6.54. The SMILES string of the molecule is Fc1cccc(CC[C]=S)c1. The fraction of sp³-hybridized carbons (Fsp3) is 0.222. The van der Waals surface area contributed by atoms with E-state index in [9.17, 15) is 4.39 Å². The molecule has 0 N–H and O–H groups in total. The number of thiocarbonyl (C=S) groups is 1. The number of rotatable bonds is 3. The molecule has 57 valence electrons. The van der Waals surface area contributed by atoms with Gasteiger partial charge >= 0.3 is 0 Å². The number of hydrogen-bond acceptors (Lipinski definition) is 1. The van der Waals surface area contributed by atoms with E-state index >= 15 is 0 Å². The minimum absolute atomic E-state index is 0.188. The molecule has 1 aromatic rings. The van der Waals surface area contributed by atoms with Crippen molar-refractivity contribution >= 4 is 17.6 Å². The molecule has 0 nitrogen and oxygen atoms in total. The van der Waals surface area contributed by atoms with Crippen LogP contribution in [0.1, 0.15) is 12.0 Å². The van der Waals surface area contributed by atoms with E-state index < -0.39 is 0 Å². The molecule has 0 aliphatic rings. The van der Waals surface area contributed by atoms with Gasteiger partial charge < -0.3 is 0 Å². The van der Waals surface area contributed by atoms with Crippen LogP contribution >= 0.6 is 12.2 Å². The zero-order valence-electron chi connectivity index (χ0n) is 6.01. The van der Waals surface area contributed by atoms with Crippen molar-refractivity contribution in [2.24, 2.45) is 0 Å². The molecule has 1 aromatic carbocycles. The molecule has 0 saturated carbocycles. The number of halogens is 1. The molecule has 0 fully saturated rings. The lowest BCUT2D eigenvalue weighted by molar-refractivity contribution is 0.625. The summed E-state index contributed by atoms with van der Waals surface area (Å²) in [5, 5.41) is 2.60. The molecule has 0 bridgehead atoms. The van der Waals surface area contributed by atoms with Crippen LogP contribution in [0.25, 0.3) is 0 Å². The summed E-state index contributed by atoms with van der Waals surface area (Å²) in [6.45, 7) is 0. The minimum atomic E-state index is -0.188. The second-order valence-electron chi connectivity index (χ2n) is 2.27. The number of hydrogen-bond donors (Lipinski definition) is 0. The lowest BCUT2D eigenvalue weighted by Crippen LogP contribution is -1.85. The predicted octanol–water partition coefficient (Wildman–Crippen LogP) is 2.64. The largest absolute Gasteiger partial charge is 0.207 e. The first-order chi connectivity index (χ1) is 5.33. The summed E-state index contributed by atoms with van der Waals surface area (Å²) in [4.78, 5) is 0. The van der Waals surface area contributed by atoms with Gasteiger partial charge in [-0.25, -0.2) is 4.39 Å². The molecule has 0 unspecified atom stereocenters. The van der Waals surface area contributed by atoms with Crippen molar-refractivity contribution < 1.29 is 4.39 Å². The van der Waals surface area contributed by atoms with E-state index in [1.165, 1.54) is 12.1 Å². The highest BCUT2D eigenvalue weighted by Gasteiger charge is 1.92. The Hall–Kier alpha value is -0.760. The molecule has 2 heteroatoms. The summed E-state index contributed by atoms with van der Waals surface area (Å²) in [5.74, 6) is -0.188. The van der Waals surface area contributed by atoms with Gasteiger partial charge in [-0.1, -0.05) is 24.4 Å². The van der Waals surface area contributed by atoms with E-state index in [1.807, 2.05) is 6.07 Å². The fourth-order valence-corrected chi connectivity index (χ4v) is 0.990. The molecule has 11 heavy (non-hydrogen) atoms. The Morgan fingerprint density at radius 3 is 2.91 bits per heavy atom. The molecule has 1 radical (unpaired) electrons. The topological polar surface area (TPSA) is 0 Å². The molecule has 0 atom stereocenters. The third kappa shape index (κ3) is 2.76. The van der Waals surface area contributed by atoms with Crippen molar-refractivity contribution in [1.29, 1.82) is 0 Å². The zero-order valence-corrected chi connectivity index (χ0v) is 6.83. The summed E-state index contributed by atoms with van der Waals surface area (Å²) in [5.41, 5.74) is 0.974. The van der Waals surface area contributed by atoms with Gasteiger partial charge in [-0.3, -0.25) is 0 Å². The molecular formula is C9H8FS. The van der Waals surface area contributed by atoms with Gasteiger partial charge in [0.05, 0.1) is 0 Å². The van der Waals surface area contributed by atoms with Crippen LogP contribution in [0.15, 0.2) is 24.3 Å². The Bertz CT molecular complexity index is 245. The van der Waals surface area contributed by atoms with Crippen LogP contribution in [0.2, 0.25) is 0 Å². The Morgan fingerprint density at radius 2 is 2.27 bits per heavy atom. The average Bonchev–Trinajstić information content (AvgIpc) is 2.01. The van der Waals surface area contributed by atoms with Gasteiger partial charge in [-0.2, -0.15) is 0 Å². The summed E-state index contributed by atoms with van der Waals surface area (Å²) < 4.78 is 12.5. The highest BCUT2D eigenvalue weighted by atomic mass is 32.1. The quantitative estimate of drug-likeness (QED) is 0.623. The monoisotopic (exact) mass is 167 g/mol. The maximum absolute atomic E-state index is 12.5. The van der Waals surface area contributed by atoms with Gasteiger partial charge in [-0.15, -0.1) is 0 Å². The van der Waals surface area contributed by atoms with E-state index in [0.717, 1.165) is 12.0 Å². The predicted molar refractivity (Wildman–Crippen MR) is 47.3 cm³/mol. The maximum atomic E-state index is 12.5. The summed E-state index contributed by atoms with van der Waals surface area (Å²) in [6.07, 6.45) is 1.49. The minimum Gasteiger partial charge on any atom is -0.207 e. The van der Waals surface area contributed by atoms with Gasteiger partial charge in [0.2, 0.25) is 0 Å². The molecule has 0 spiro atoms. The van der Waals surface area contributed by atoms with Crippen molar-refractivity contribution in [3.63, 3.8) is 0 Å². The van der Waals surface area contributed by atoms with Crippen molar-refractivity contribution in [2.75, 3.05) is 0 Å². The molecule has 0 aliphatic carbocycles. The number of benzene rings is 1. The lowest BCUT2D eigenvalue weighted by atomic mass is 10.1. The maximum Gasteiger partial charge on any atom is 0.123 e. The standard InChI is InChI=1S/C9H8FS/c10-9-5-1-3-8(7-9)4-2-6-11/h1,3,5,7H,2,4H2. The highest BCUT2D eigenvalue weighted by Crippen LogP contribution is 2.04. The molecule has 0 aromatic heterocycles. The van der Waals surface area contributed by atoms with Crippen LogP contribution in [0, 0.1) is 5.82 Å². The van der Waals surface area contributed by atoms with Crippen LogP contribution in [-0.2, 0) is 6.42 Å². The van der Waals surface area contributed by atoms with Gasteiger partial charge in [0.25, 0.3) is 0 Å². The first kappa shape index (κ1) is 8.34. The molecular weight excluding hydrogens is 159 g/mol. The van der Waals surface area contributed by atoms with Crippen LogP contribution in [0.5, 0.6) is 0 Å². The zero-order chi connectivity index (χ0) is 8.10. The first-order valence-corrected chi connectivity index (χ1v) is 3.83. The van der Waals surface area contributed by atoms with Crippen molar-refractivity contribution in [2.45, 2.75) is 12.8 Å². The third-order valence-electron chi connectivity index (χ3n) is 1.40. The first-order valence-electron chi connectivity index (χ1n) is 3.42. The van der Waals surface area contributed by atoms with E-state index in [-0.39, 0.29) is 5.82 Å². The number of aryl methyl sites for hydroxylation is 1. The molecule has 1 rings (SSSR count). The van der Waals surface area contributed by atoms with Crippen LogP contribution in [0.3, 0.4) is 0 Å². The fourth-order valence-electron chi connectivity index (χ4n) is 0.888. The van der Waals surface area contributed by atoms with Crippen LogP contribution in [-0.4, -0.2) is 5.37 Å². The van der Waals surface area contributed by atoms with Crippen molar-refractivity contribution in [1.82, 2.24) is 0 Å². The highest BCUT2D eigenvalue weighted by molar-refractivity contribution is 7.78. The van der Waals surface area contributed by atoms with Crippen molar-refractivity contribution in [3.8, 4) is 0 Å². The van der Waals surface area contributed by atoms with E-state index in [1.54, 1.807) is 6.07 Å². The Labute approximate surface area is 71.1 Å².